The van der Waals surface area contributed by atoms with Crippen molar-refractivity contribution in [3.8, 4) is 0 Å². The second-order valence-corrected chi connectivity index (χ2v) is 4.74. The zero-order chi connectivity index (χ0) is 11.4. The molecule has 1 atom stereocenters. The Morgan fingerprint density at radius 1 is 1.40 bits per heavy atom. The second-order valence-electron chi connectivity index (χ2n) is 3.58. The maximum atomic E-state index is 11.6. The van der Waals surface area contributed by atoms with Gasteiger partial charge < -0.3 is 10.2 Å². The van der Waals surface area contributed by atoms with Crippen LogP contribution in [0.25, 0.3) is 0 Å². The van der Waals surface area contributed by atoms with E-state index in [1.54, 1.807) is 19.0 Å². The molecule has 0 aliphatic carbocycles. The number of rotatable bonds is 3. The van der Waals surface area contributed by atoms with E-state index < -0.39 is 0 Å². The minimum absolute atomic E-state index is 0.0784. The van der Waals surface area contributed by atoms with Gasteiger partial charge in [-0.15, -0.1) is 0 Å². The lowest BCUT2D eigenvalue weighted by Crippen LogP contribution is -2.36. The van der Waals surface area contributed by atoms with Gasteiger partial charge in [0.15, 0.2) is 0 Å². The van der Waals surface area contributed by atoms with Crippen molar-refractivity contribution < 1.29 is 4.79 Å². The van der Waals surface area contributed by atoms with E-state index in [1.165, 1.54) is 0 Å². The number of hydrogen-bond donors (Lipinski definition) is 1. The molecule has 0 aliphatic heterocycles. The summed E-state index contributed by atoms with van der Waals surface area (Å²) < 4.78 is 1.12. The SMILES string of the molecule is CC(Nc1ccccc1I)C(=O)N(C)C. The molecular formula is C11H15IN2O. The van der Waals surface area contributed by atoms with Crippen LogP contribution in [0.5, 0.6) is 0 Å². The zero-order valence-electron chi connectivity index (χ0n) is 9.12. The van der Waals surface area contributed by atoms with E-state index in [9.17, 15) is 4.79 Å². The van der Waals surface area contributed by atoms with Crippen molar-refractivity contribution in [1.29, 1.82) is 0 Å². The Bertz CT molecular complexity index is 352. The van der Waals surface area contributed by atoms with Crippen LogP contribution in [0.1, 0.15) is 6.92 Å². The van der Waals surface area contributed by atoms with Crippen LogP contribution < -0.4 is 5.32 Å². The Balaban J connectivity index is 2.71. The molecule has 3 nitrogen and oxygen atoms in total. The van der Waals surface area contributed by atoms with Gasteiger partial charge in [0.2, 0.25) is 5.91 Å². The Labute approximate surface area is 104 Å². The van der Waals surface area contributed by atoms with E-state index >= 15 is 0 Å². The van der Waals surface area contributed by atoms with E-state index in [0.717, 1.165) is 9.26 Å². The van der Waals surface area contributed by atoms with Gasteiger partial charge in [0.1, 0.15) is 6.04 Å². The molecule has 1 rings (SSSR count). The molecule has 0 fully saturated rings. The third-order valence-electron chi connectivity index (χ3n) is 2.06. The van der Waals surface area contributed by atoms with E-state index in [-0.39, 0.29) is 11.9 Å². The molecule has 0 bridgehead atoms. The molecule has 1 amide bonds. The highest BCUT2D eigenvalue weighted by Crippen LogP contribution is 2.17. The molecule has 1 aromatic carbocycles. The Morgan fingerprint density at radius 3 is 2.53 bits per heavy atom. The van der Waals surface area contributed by atoms with E-state index in [4.69, 9.17) is 0 Å². The Kier molecular flexibility index (Phi) is 4.38. The second kappa shape index (κ2) is 5.34. The number of nitrogens with zero attached hydrogens (tertiary/aromatic N) is 1. The summed E-state index contributed by atoms with van der Waals surface area (Å²) >= 11 is 2.25. The standard InChI is InChI=1S/C11H15IN2O/c1-8(11(15)14(2)3)13-10-7-5-4-6-9(10)12/h4-8,13H,1-3H3. The molecule has 1 N–H and O–H groups in total. The van der Waals surface area contributed by atoms with Crippen LogP contribution in [-0.4, -0.2) is 30.9 Å². The lowest BCUT2D eigenvalue weighted by atomic mass is 10.2. The molecule has 1 aromatic rings. The summed E-state index contributed by atoms with van der Waals surface area (Å²) in [5.74, 6) is 0.0784. The van der Waals surface area contributed by atoms with Gasteiger partial charge in [-0.05, 0) is 41.6 Å². The van der Waals surface area contributed by atoms with Gasteiger partial charge in [-0.3, -0.25) is 4.79 Å². The number of amides is 1. The Hall–Kier alpha value is -0.780. The number of hydrogen-bond acceptors (Lipinski definition) is 2. The predicted molar refractivity (Wildman–Crippen MR) is 70.9 cm³/mol. The fourth-order valence-corrected chi connectivity index (χ4v) is 1.80. The highest BCUT2D eigenvalue weighted by atomic mass is 127. The van der Waals surface area contributed by atoms with E-state index in [2.05, 4.69) is 27.9 Å². The summed E-state index contributed by atoms with van der Waals surface area (Å²) in [5.41, 5.74) is 1.00. The average molecular weight is 318 g/mol. The minimum Gasteiger partial charge on any atom is -0.373 e. The average Bonchev–Trinajstić information content (AvgIpc) is 2.20. The van der Waals surface area contributed by atoms with Gasteiger partial charge in [0.25, 0.3) is 0 Å². The van der Waals surface area contributed by atoms with Crippen LogP contribution in [0.4, 0.5) is 5.69 Å². The van der Waals surface area contributed by atoms with Crippen LogP contribution in [-0.2, 0) is 4.79 Å². The van der Waals surface area contributed by atoms with Crippen LogP contribution >= 0.6 is 22.6 Å². The van der Waals surface area contributed by atoms with E-state index in [0.29, 0.717) is 0 Å². The van der Waals surface area contributed by atoms with Gasteiger partial charge in [-0.25, -0.2) is 0 Å². The van der Waals surface area contributed by atoms with Crippen molar-refractivity contribution in [2.75, 3.05) is 19.4 Å². The quantitative estimate of drug-likeness (QED) is 0.867. The third kappa shape index (κ3) is 3.37. The number of carbonyl (C=O) groups is 1. The third-order valence-corrected chi connectivity index (χ3v) is 3.00. The lowest BCUT2D eigenvalue weighted by molar-refractivity contribution is -0.129. The monoisotopic (exact) mass is 318 g/mol. The highest BCUT2D eigenvalue weighted by Gasteiger charge is 2.14. The predicted octanol–water partition coefficient (Wildman–Crippen LogP) is 2.18. The smallest absolute Gasteiger partial charge is 0.244 e. The molecule has 4 heteroatoms. The van der Waals surface area contributed by atoms with Crippen molar-refractivity contribution >= 4 is 34.2 Å². The molecule has 0 heterocycles. The molecule has 82 valence electrons. The maximum absolute atomic E-state index is 11.6. The fraction of sp³-hybridized carbons (Fsp3) is 0.364. The van der Waals surface area contributed by atoms with Crippen molar-refractivity contribution in [2.45, 2.75) is 13.0 Å². The minimum atomic E-state index is -0.198. The molecular weight excluding hydrogens is 303 g/mol. The zero-order valence-corrected chi connectivity index (χ0v) is 11.3. The summed E-state index contributed by atoms with van der Waals surface area (Å²) in [6.07, 6.45) is 0. The van der Waals surface area contributed by atoms with Crippen LogP contribution in [0.15, 0.2) is 24.3 Å². The van der Waals surface area contributed by atoms with E-state index in [1.807, 2.05) is 31.2 Å². The molecule has 0 spiro atoms. The molecule has 0 saturated heterocycles. The highest BCUT2D eigenvalue weighted by molar-refractivity contribution is 14.1. The summed E-state index contributed by atoms with van der Waals surface area (Å²) in [4.78, 5) is 13.2. The summed E-state index contributed by atoms with van der Waals surface area (Å²) in [6.45, 7) is 1.87. The van der Waals surface area contributed by atoms with Gasteiger partial charge in [-0.2, -0.15) is 0 Å². The Morgan fingerprint density at radius 2 is 2.00 bits per heavy atom. The molecule has 15 heavy (non-hydrogen) atoms. The van der Waals surface area contributed by atoms with Crippen molar-refractivity contribution in [3.63, 3.8) is 0 Å². The fourth-order valence-electron chi connectivity index (χ4n) is 1.26. The van der Waals surface area contributed by atoms with Crippen molar-refractivity contribution in [3.05, 3.63) is 27.8 Å². The number of carbonyl (C=O) groups excluding carboxylic acids is 1. The van der Waals surface area contributed by atoms with Crippen molar-refractivity contribution in [1.82, 2.24) is 4.90 Å². The van der Waals surface area contributed by atoms with Crippen LogP contribution in [0.2, 0.25) is 0 Å². The van der Waals surface area contributed by atoms with Crippen LogP contribution in [0.3, 0.4) is 0 Å². The molecule has 0 aromatic heterocycles. The summed E-state index contributed by atoms with van der Waals surface area (Å²) in [5, 5.41) is 3.19. The first-order valence-corrected chi connectivity index (χ1v) is 5.82. The first kappa shape index (κ1) is 12.3. The summed E-state index contributed by atoms with van der Waals surface area (Å²) in [7, 11) is 3.52. The molecule has 1 unspecified atom stereocenters. The van der Waals surface area contributed by atoms with Gasteiger partial charge >= 0.3 is 0 Å². The molecule has 0 aliphatic rings. The normalized spacial score (nSPS) is 12.0. The maximum Gasteiger partial charge on any atom is 0.244 e. The molecule has 0 radical (unpaired) electrons. The summed E-state index contributed by atoms with van der Waals surface area (Å²) in [6, 6.07) is 7.72. The number of para-hydroxylation sites is 1. The molecule has 0 saturated carbocycles. The van der Waals surface area contributed by atoms with Crippen molar-refractivity contribution in [2.24, 2.45) is 0 Å². The number of benzene rings is 1. The largest absolute Gasteiger partial charge is 0.373 e. The topological polar surface area (TPSA) is 32.3 Å². The van der Waals surface area contributed by atoms with Gasteiger partial charge in [0.05, 0.1) is 0 Å². The first-order chi connectivity index (χ1) is 7.02. The van der Waals surface area contributed by atoms with Gasteiger partial charge in [0, 0.05) is 23.4 Å². The number of likely N-dealkylation sites (N-methyl/N-ethyl adjacent to an activating group) is 1. The number of anilines is 1. The number of nitrogens with one attached hydrogen (secondary N) is 1. The van der Waals surface area contributed by atoms with Crippen LogP contribution in [0, 0.1) is 3.57 Å². The number of halogens is 1. The van der Waals surface area contributed by atoms with Gasteiger partial charge in [-0.1, -0.05) is 12.1 Å². The lowest BCUT2D eigenvalue weighted by Gasteiger charge is -2.19. The first-order valence-electron chi connectivity index (χ1n) is 4.74.